The topological polar surface area (TPSA) is 47.0 Å². The number of rotatable bonds is 5. The average molecular weight is 235 g/mol. The van der Waals surface area contributed by atoms with E-state index in [9.17, 15) is 0 Å². The Morgan fingerprint density at radius 2 is 2.35 bits per heavy atom. The van der Waals surface area contributed by atoms with Gasteiger partial charge >= 0.3 is 0 Å². The highest BCUT2D eigenvalue weighted by Crippen LogP contribution is 2.11. The molecule has 1 fully saturated rings. The van der Waals surface area contributed by atoms with Gasteiger partial charge in [0.15, 0.2) is 0 Å². The lowest BCUT2D eigenvalue weighted by molar-refractivity contribution is 0.231. The van der Waals surface area contributed by atoms with Crippen LogP contribution in [0, 0.1) is 0 Å². The third-order valence-corrected chi connectivity index (χ3v) is 3.05. The third-order valence-electron chi connectivity index (χ3n) is 3.05. The summed E-state index contributed by atoms with van der Waals surface area (Å²) in [7, 11) is 0. The number of piperidine rings is 1. The maximum Gasteiger partial charge on any atom is 0.216 e. The summed E-state index contributed by atoms with van der Waals surface area (Å²) < 4.78 is 5.72. The van der Waals surface area contributed by atoms with Gasteiger partial charge < -0.3 is 10.1 Å². The van der Waals surface area contributed by atoms with Gasteiger partial charge in [-0.3, -0.25) is 0 Å². The van der Waals surface area contributed by atoms with Crippen LogP contribution in [0.1, 0.15) is 38.3 Å². The lowest BCUT2D eigenvalue weighted by Gasteiger charge is -2.23. The van der Waals surface area contributed by atoms with Gasteiger partial charge in [0.1, 0.15) is 12.9 Å². The van der Waals surface area contributed by atoms with E-state index in [1.54, 1.807) is 6.33 Å². The molecule has 0 aromatic carbocycles. The molecular formula is C13H21N3O. The van der Waals surface area contributed by atoms with Gasteiger partial charge in [0.2, 0.25) is 5.88 Å². The highest BCUT2D eigenvalue weighted by molar-refractivity contribution is 5.13. The first-order valence-corrected chi connectivity index (χ1v) is 6.55. The Labute approximate surface area is 103 Å². The number of aromatic nitrogens is 2. The van der Waals surface area contributed by atoms with Crippen LogP contribution in [-0.2, 0) is 6.42 Å². The minimum atomic E-state index is 0.480. The molecular weight excluding hydrogens is 214 g/mol. The summed E-state index contributed by atoms with van der Waals surface area (Å²) in [4.78, 5) is 8.36. The zero-order chi connectivity index (χ0) is 11.9. The van der Waals surface area contributed by atoms with Crippen LogP contribution in [0.3, 0.4) is 0 Å². The molecule has 1 saturated heterocycles. The molecule has 2 heterocycles. The molecule has 1 aromatic rings. The Hall–Kier alpha value is -1.16. The molecule has 1 atom stereocenters. The van der Waals surface area contributed by atoms with E-state index in [1.807, 2.05) is 6.07 Å². The lowest BCUT2D eigenvalue weighted by atomic mass is 10.1. The zero-order valence-corrected chi connectivity index (χ0v) is 10.5. The largest absolute Gasteiger partial charge is 0.476 e. The van der Waals surface area contributed by atoms with Crippen molar-refractivity contribution in [2.45, 2.75) is 45.1 Å². The Balaban J connectivity index is 1.83. The fourth-order valence-corrected chi connectivity index (χ4v) is 2.10. The number of nitrogens with zero attached hydrogens (tertiary/aromatic N) is 2. The second-order valence-corrected chi connectivity index (χ2v) is 4.56. The van der Waals surface area contributed by atoms with Crippen LogP contribution in [-0.4, -0.2) is 29.2 Å². The van der Waals surface area contributed by atoms with E-state index in [0.717, 1.165) is 25.1 Å². The van der Waals surface area contributed by atoms with Gasteiger partial charge in [-0.15, -0.1) is 0 Å². The van der Waals surface area contributed by atoms with Crippen LogP contribution in [0.15, 0.2) is 12.4 Å². The molecule has 1 aliphatic heterocycles. The molecule has 0 amide bonds. The predicted molar refractivity (Wildman–Crippen MR) is 67.2 cm³/mol. The molecule has 0 spiro atoms. The summed E-state index contributed by atoms with van der Waals surface area (Å²) in [5, 5.41) is 3.46. The van der Waals surface area contributed by atoms with Crippen molar-refractivity contribution in [3.63, 3.8) is 0 Å². The minimum Gasteiger partial charge on any atom is -0.476 e. The summed E-state index contributed by atoms with van der Waals surface area (Å²) in [5.41, 5.74) is 1.06. The standard InChI is InChI=1S/C13H21N3O/c1-2-5-11-8-13(16-10-15-11)17-9-12-6-3-4-7-14-12/h8,10,12,14H,2-7,9H2,1H3. The van der Waals surface area contributed by atoms with Crippen molar-refractivity contribution in [2.24, 2.45) is 0 Å². The Morgan fingerprint density at radius 3 is 3.12 bits per heavy atom. The lowest BCUT2D eigenvalue weighted by Crippen LogP contribution is -2.38. The monoisotopic (exact) mass is 235 g/mol. The summed E-state index contributed by atoms with van der Waals surface area (Å²) in [6, 6.07) is 2.43. The Morgan fingerprint density at radius 1 is 1.41 bits per heavy atom. The van der Waals surface area contributed by atoms with Gasteiger partial charge in [-0.1, -0.05) is 19.8 Å². The highest BCUT2D eigenvalue weighted by Gasteiger charge is 2.13. The fraction of sp³-hybridized carbons (Fsp3) is 0.692. The van der Waals surface area contributed by atoms with Crippen LogP contribution in [0.2, 0.25) is 0 Å². The maximum absolute atomic E-state index is 5.72. The van der Waals surface area contributed by atoms with Gasteiger partial charge in [0.05, 0.1) is 0 Å². The van der Waals surface area contributed by atoms with E-state index >= 15 is 0 Å². The second kappa shape index (κ2) is 6.55. The fourth-order valence-electron chi connectivity index (χ4n) is 2.10. The molecule has 1 unspecified atom stereocenters. The number of aryl methyl sites for hydroxylation is 1. The molecule has 94 valence electrons. The van der Waals surface area contributed by atoms with Crippen LogP contribution < -0.4 is 10.1 Å². The first-order chi connectivity index (χ1) is 8.38. The van der Waals surface area contributed by atoms with Gasteiger partial charge in [0, 0.05) is 17.8 Å². The van der Waals surface area contributed by atoms with Crippen molar-refractivity contribution < 1.29 is 4.74 Å². The minimum absolute atomic E-state index is 0.480. The van der Waals surface area contributed by atoms with Crippen molar-refractivity contribution in [3.8, 4) is 5.88 Å². The molecule has 1 aromatic heterocycles. The van der Waals surface area contributed by atoms with Crippen LogP contribution in [0.4, 0.5) is 0 Å². The first-order valence-electron chi connectivity index (χ1n) is 6.55. The van der Waals surface area contributed by atoms with Gasteiger partial charge in [-0.25, -0.2) is 9.97 Å². The maximum atomic E-state index is 5.72. The molecule has 0 radical (unpaired) electrons. The molecule has 0 aliphatic carbocycles. The summed E-state index contributed by atoms with van der Waals surface area (Å²) >= 11 is 0. The van der Waals surface area contributed by atoms with Gasteiger partial charge in [-0.2, -0.15) is 0 Å². The number of nitrogens with one attached hydrogen (secondary N) is 1. The molecule has 1 N–H and O–H groups in total. The van der Waals surface area contributed by atoms with Crippen molar-refractivity contribution in [3.05, 3.63) is 18.1 Å². The van der Waals surface area contributed by atoms with E-state index in [2.05, 4.69) is 22.2 Å². The van der Waals surface area contributed by atoms with Crippen molar-refractivity contribution >= 4 is 0 Å². The van der Waals surface area contributed by atoms with Crippen LogP contribution >= 0.6 is 0 Å². The smallest absolute Gasteiger partial charge is 0.216 e. The molecule has 4 nitrogen and oxygen atoms in total. The third kappa shape index (κ3) is 3.97. The van der Waals surface area contributed by atoms with Crippen molar-refractivity contribution in [1.29, 1.82) is 0 Å². The predicted octanol–water partition coefficient (Wildman–Crippen LogP) is 1.95. The SMILES string of the molecule is CCCc1cc(OCC2CCCCN2)ncn1. The summed E-state index contributed by atoms with van der Waals surface area (Å²) in [5.74, 6) is 0.704. The van der Waals surface area contributed by atoms with Crippen LogP contribution in [0.5, 0.6) is 5.88 Å². The molecule has 17 heavy (non-hydrogen) atoms. The highest BCUT2D eigenvalue weighted by atomic mass is 16.5. The number of hydrogen-bond donors (Lipinski definition) is 1. The number of hydrogen-bond acceptors (Lipinski definition) is 4. The van der Waals surface area contributed by atoms with E-state index in [4.69, 9.17) is 4.74 Å². The quantitative estimate of drug-likeness (QED) is 0.847. The van der Waals surface area contributed by atoms with Crippen molar-refractivity contribution in [2.75, 3.05) is 13.2 Å². The number of ether oxygens (including phenoxy) is 1. The van der Waals surface area contributed by atoms with E-state index in [0.29, 0.717) is 18.5 Å². The Kier molecular flexibility index (Phi) is 4.74. The van der Waals surface area contributed by atoms with Gasteiger partial charge in [0.25, 0.3) is 0 Å². The summed E-state index contributed by atoms with van der Waals surface area (Å²) in [6.45, 7) is 3.97. The van der Waals surface area contributed by atoms with E-state index < -0.39 is 0 Å². The average Bonchev–Trinajstić information content (AvgIpc) is 2.39. The molecule has 0 saturated carbocycles. The molecule has 1 aliphatic rings. The summed E-state index contributed by atoms with van der Waals surface area (Å²) in [6.07, 6.45) is 7.46. The molecule has 4 heteroatoms. The second-order valence-electron chi connectivity index (χ2n) is 4.56. The van der Waals surface area contributed by atoms with E-state index in [-0.39, 0.29) is 0 Å². The zero-order valence-electron chi connectivity index (χ0n) is 10.5. The van der Waals surface area contributed by atoms with Crippen molar-refractivity contribution in [1.82, 2.24) is 15.3 Å². The van der Waals surface area contributed by atoms with Crippen LogP contribution in [0.25, 0.3) is 0 Å². The molecule has 0 bridgehead atoms. The molecule has 2 rings (SSSR count). The Bertz CT molecular complexity index is 337. The van der Waals surface area contributed by atoms with E-state index in [1.165, 1.54) is 19.3 Å². The normalized spacial score (nSPS) is 20.2. The first kappa shape index (κ1) is 12.3. The van der Waals surface area contributed by atoms with Gasteiger partial charge in [-0.05, 0) is 25.8 Å².